The van der Waals surface area contributed by atoms with Crippen molar-refractivity contribution in [2.75, 3.05) is 6.61 Å². The first-order valence-corrected chi connectivity index (χ1v) is 16.1. The summed E-state index contributed by atoms with van der Waals surface area (Å²) in [7, 11) is -11.7. The van der Waals surface area contributed by atoms with Crippen molar-refractivity contribution in [3.8, 4) is 0 Å². The van der Waals surface area contributed by atoms with Gasteiger partial charge in [-0.25, -0.2) is 9.11 Å². The lowest BCUT2D eigenvalue weighted by Crippen LogP contribution is -2.37. The van der Waals surface area contributed by atoms with Crippen LogP contribution in [0.4, 0.5) is 0 Å². The molecule has 0 aromatic carbocycles. The molecule has 1 saturated heterocycles. The van der Waals surface area contributed by atoms with Crippen LogP contribution in [0.3, 0.4) is 0 Å². The maximum Gasteiger partial charge on any atom is 0.330 e. The van der Waals surface area contributed by atoms with Gasteiger partial charge in [0.15, 0.2) is 13.0 Å². The standard InChI is InChI=1S/C15H25N2O14P3S/c18-11-6-7-17(15(21)16-11)14-13(20)12(19)10(29-14)8-28-32(22,23)30-33(24,25)31-34(26,27)35-9-4-2-1-3-5-9/h6-7,9-10,12-14,19-20H,1-5,8H2,(H,22,23)(H,24,25)(H,26,27)(H,16,18,21)/p-3/t10-,12+,13?,14-/m1/s1. The Kier molecular flexibility index (Phi) is 9.42. The third kappa shape index (κ3) is 8.17. The minimum absolute atomic E-state index is 0.272. The van der Waals surface area contributed by atoms with E-state index in [1.165, 1.54) is 0 Å². The van der Waals surface area contributed by atoms with Gasteiger partial charge in [-0.1, -0.05) is 30.6 Å². The van der Waals surface area contributed by atoms with Crippen molar-refractivity contribution in [1.82, 2.24) is 9.55 Å². The van der Waals surface area contributed by atoms with E-state index >= 15 is 0 Å². The Morgan fingerprint density at radius 1 is 1.06 bits per heavy atom. The summed E-state index contributed by atoms with van der Waals surface area (Å²) in [6.07, 6.45) is -2.28. The van der Waals surface area contributed by atoms with E-state index in [2.05, 4.69) is 13.1 Å². The van der Waals surface area contributed by atoms with Gasteiger partial charge in [0, 0.05) is 17.5 Å². The average molecular weight is 579 g/mol. The van der Waals surface area contributed by atoms with E-state index in [0.29, 0.717) is 12.8 Å². The number of nitrogens with zero attached hydrogens (tertiary/aromatic N) is 1. The molecule has 1 aliphatic carbocycles. The molecule has 1 aliphatic heterocycles. The van der Waals surface area contributed by atoms with Crippen LogP contribution in [0.25, 0.3) is 0 Å². The number of aromatic nitrogens is 2. The number of hydrogen-bond acceptors (Lipinski definition) is 15. The molecule has 1 saturated carbocycles. The molecule has 2 heterocycles. The van der Waals surface area contributed by atoms with Gasteiger partial charge in [-0.3, -0.25) is 32.4 Å². The van der Waals surface area contributed by atoms with Crippen LogP contribution in [-0.2, 0) is 31.6 Å². The molecule has 2 fully saturated rings. The molecule has 200 valence electrons. The van der Waals surface area contributed by atoms with Crippen molar-refractivity contribution < 1.29 is 56.5 Å². The summed E-state index contributed by atoms with van der Waals surface area (Å²) in [4.78, 5) is 60.8. The van der Waals surface area contributed by atoms with Gasteiger partial charge in [-0.15, -0.1) is 0 Å². The van der Waals surface area contributed by atoms with Gasteiger partial charge in [0.1, 0.15) is 18.3 Å². The molecule has 1 aromatic rings. The monoisotopic (exact) mass is 579 g/mol. The number of aliphatic hydroxyl groups excluding tert-OH is 2. The molecule has 0 radical (unpaired) electrons. The Bertz CT molecular complexity index is 1150. The third-order valence-corrected chi connectivity index (χ3v) is 12.1. The lowest BCUT2D eigenvalue weighted by molar-refractivity contribution is -0.245. The summed E-state index contributed by atoms with van der Waals surface area (Å²) in [6, 6.07) is 0.931. The van der Waals surface area contributed by atoms with Gasteiger partial charge in [-0.2, -0.15) is 0 Å². The molecule has 3 N–H and O–H groups in total. The highest BCUT2D eigenvalue weighted by molar-refractivity contribution is 8.55. The minimum atomic E-state index is -5.94. The van der Waals surface area contributed by atoms with Gasteiger partial charge < -0.3 is 34.2 Å². The first-order valence-electron chi connectivity index (χ1n) is 10.2. The van der Waals surface area contributed by atoms with E-state index < -0.39 is 70.1 Å². The molecule has 35 heavy (non-hydrogen) atoms. The van der Waals surface area contributed by atoms with Crippen LogP contribution >= 0.6 is 33.8 Å². The van der Waals surface area contributed by atoms with E-state index in [9.17, 15) is 48.2 Å². The quantitative estimate of drug-likeness (QED) is 0.272. The first kappa shape index (κ1) is 28.9. The highest BCUT2D eigenvalue weighted by Crippen LogP contribution is 2.68. The second-order valence-corrected chi connectivity index (χ2v) is 14.8. The SMILES string of the molecule is O=c1ccn([C@@H]2O[C@H](COP(=O)([O-])OP(=O)([O-])OP(=O)([O-])SC3CCCCC3)[C@H](O)C2O)c(=O)[nH]1. The van der Waals surface area contributed by atoms with Crippen molar-refractivity contribution >= 4 is 33.8 Å². The summed E-state index contributed by atoms with van der Waals surface area (Å²) in [5.41, 5.74) is -1.74. The second kappa shape index (κ2) is 11.4. The topological polar surface area (TPSA) is 253 Å². The molecule has 1 aromatic heterocycles. The van der Waals surface area contributed by atoms with Crippen LogP contribution in [0.1, 0.15) is 38.3 Å². The molecule has 0 bridgehead atoms. The Balaban J connectivity index is 1.57. The van der Waals surface area contributed by atoms with Crippen molar-refractivity contribution in [2.45, 2.75) is 61.9 Å². The maximum absolute atomic E-state index is 12.0. The molecule has 7 atom stereocenters. The third-order valence-electron chi connectivity index (χ3n) is 5.09. The zero-order chi connectivity index (χ0) is 26.0. The minimum Gasteiger partial charge on any atom is -0.770 e. The highest BCUT2D eigenvalue weighted by Gasteiger charge is 2.44. The summed E-state index contributed by atoms with van der Waals surface area (Å²) < 4.78 is 53.9. The highest BCUT2D eigenvalue weighted by atomic mass is 32.7. The predicted molar refractivity (Wildman–Crippen MR) is 113 cm³/mol. The number of phosphoric acid groups is 2. The molecule has 20 heteroatoms. The van der Waals surface area contributed by atoms with E-state index in [0.717, 1.165) is 36.1 Å². The summed E-state index contributed by atoms with van der Waals surface area (Å²) in [5.74, 6) is 0. The number of H-pyrrole nitrogens is 1. The van der Waals surface area contributed by atoms with Crippen molar-refractivity contribution in [3.63, 3.8) is 0 Å². The van der Waals surface area contributed by atoms with Crippen molar-refractivity contribution in [1.29, 1.82) is 0 Å². The van der Waals surface area contributed by atoms with Crippen LogP contribution in [0.5, 0.6) is 0 Å². The van der Waals surface area contributed by atoms with E-state index in [-0.39, 0.29) is 11.4 Å². The first-order chi connectivity index (χ1) is 16.2. The maximum atomic E-state index is 12.0. The van der Waals surface area contributed by atoms with Crippen LogP contribution < -0.4 is 25.9 Å². The van der Waals surface area contributed by atoms with Crippen molar-refractivity contribution in [3.05, 3.63) is 33.1 Å². The fraction of sp³-hybridized carbons (Fsp3) is 0.733. The molecule has 4 unspecified atom stereocenters. The number of rotatable bonds is 10. The van der Waals surface area contributed by atoms with Crippen LogP contribution in [0.15, 0.2) is 21.9 Å². The molecule has 16 nitrogen and oxygen atoms in total. The predicted octanol–water partition coefficient (Wildman–Crippen LogP) is -1.32. The fourth-order valence-corrected chi connectivity index (χ4v) is 10.3. The van der Waals surface area contributed by atoms with Crippen molar-refractivity contribution in [2.24, 2.45) is 0 Å². The number of ether oxygens (including phenoxy) is 1. The normalized spacial score (nSPS) is 30.9. The number of aromatic amines is 1. The van der Waals surface area contributed by atoms with Gasteiger partial charge >= 0.3 is 5.69 Å². The van der Waals surface area contributed by atoms with E-state index in [1.54, 1.807) is 0 Å². The zero-order valence-electron chi connectivity index (χ0n) is 17.8. The lowest BCUT2D eigenvalue weighted by atomic mass is 10.0. The lowest BCUT2D eigenvalue weighted by Gasteiger charge is -2.36. The Morgan fingerprint density at radius 3 is 2.34 bits per heavy atom. The van der Waals surface area contributed by atoms with Crippen LogP contribution in [-0.4, -0.2) is 49.9 Å². The van der Waals surface area contributed by atoms with E-state index in [4.69, 9.17) is 4.74 Å². The van der Waals surface area contributed by atoms with E-state index in [1.807, 2.05) is 4.98 Å². The fourth-order valence-electron chi connectivity index (χ4n) is 3.54. The summed E-state index contributed by atoms with van der Waals surface area (Å²) >= 11 is 0.272. The number of hydrogen-bond donors (Lipinski definition) is 3. The van der Waals surface area contributed by atoms with Crippen LogP contribution in [0, 0.1) is 0 Å². The number of nitrogens with one attached hydrogen (secondary N) is 1. The second-order valence-electron chi connectivity index (χ2n) is 7.73. The molecule has 3 rings (SSSR count). The Hall–Kier alpha value is -0.640. The largest absolute Gasteiger partial charge is 0.770 e. The average Bonchev–Trinajstić information content (AvgIpc) is 2.99. The molecule has 0 amide bonds. The smallest absolute Gasteiger partial charge is 0.330 e. The van der Waals surface area contributed by atoms with Gasteiger partial charge in [0.25, 0.3) is 21.2 Å². The molecular formula is C15H22N2O14P3S-3. The Morgan fingerprint density at radius 2 is 1.71 bits per heavy atom. The number of phosphoric ester groups is 1. The Labute approximate surface area is 201 Å². The summed E-state index contributed by atoms with van der Waals surface area (Å²) in [5, 5.41) is 19.8. The molecule has 2 aliphatic rings. The molecular weight excluding hydrogens is 557 g/mol. The van der Waals surface area contributed by atoms with Gasteiger partial charge in [-0.05, 0) is 12.8 Å². The number of aliphatic hydroxyl groups is 2. The summed E-state index contributed by atoms with van der Waals surface area (Å²) in [6.45, 7) is -6.17. The molecule has 0 spiro atoms. The zero-order valence-corrected chi connectivity index (χ0v) is 21.3. The van der Waals surface area contributed by atoms with Crippen LogP contribution in [0.2, 0.25) is 0 Å². The van der Waals surface area contributed by atoms with Gasteiger partial charge in [0.05, 0.1) is 6.61 Å². The van der Waals surface area contributed by atoms with Gasteiger partial charge in [0.2, 0.25) is 0 Å².